The molecule has 2 rings (SSSR count). The van der Waals surface area contributed by atoms with Gasteiger partial charge in [-0.1, -0.05) is 52.0 Å². The zero-order valence-corrected chi connectivity index (χ0v) is 16.5. The van der Waals surface area contributed by atoms with Gasteiger partial charge in [0.05, 0.1) is 12.1 Å². The minimum absolute atomic E-state index is 0.0703. The molecule has 2 aromatic rings. The molecule has 1 aromatic carbocycles. The first-order valence-corrected chi connectivity index (χ1v) is 9.68. The van der Waals surface area contributed by atoms with Crippen LogP contribution in [0.3, 0.4) is 0 Å². The van der Waals surface area contributed by atoms with E-state index in [9.17, 15) is 9.59 Å². The fourth-order valence-electron chi connectivity index (χ4n) is 2.80. The van der Waals surface area contributed by atoms with E-state index in [1.54, 1.807) is 11.4 Å². The third kappa shape index (κ3) is 5.16. The highest BCUT2D eigenvalue weighted by Gasteiger charge is 2.18. The molecule has 0 unspecified atom stereocenters. The van der Waals surface area contributed by atoms with Gasteiger partial charge in [0.25, 0.3) is 5.91 Å². The zero-order valence-electron chi connectivity index (χ0n) is 15.7. The standard InChI is InChI=1S/C20H27N3O2S/c1-12(2)14-5-7-15(8-6-14)18(13(3)4)22-11-17(24)23-20-16(19(21)25)9-10-26-20/h5-10,12-13,18,22H,11H2,1-4H3,(H2,21,25)(H,23,24)/t18-/m1/s1. The molecule has 140 valence electrons. The Kier molecular flexibility index (Phi) is 6.94. The maximum atomic E-state index is 12.3. The molecule has 1 heterocycles. The van der Waals surface area contributed by atoms with E-state index in [0.29, 0.717) is 22.4 Å². The number of hydrogen-bond donors (Lipinski definition) is 3. The fourth-order valence-corrected chi connectivity index (χ4v) is 3.61. The number of anilines is 1. The van der Waals surface area contributed by atoms with Crippen molar-refractivity contribution >= 4 is 28.2 Å². The third-order valence-corrected chi connectivity index (χ3v) is 5.12. The Labute approximate surface area is 159 Å². The van der Waals surface area contributed by atoms with Gasteiger partial charge in [-0.2, -0.15) is 0 Å². The lowest BCUT2D eigenvalue weighted by Crippen LogP contribution is -2.33. The van der Waals surface area contributed by atoms with E-state index < -0.39 is 5.91 Å². The van der Waals surface area contributed by atoms with Crippen LogP contribution in [-0.4, -0.2) is 18.4 Å². The van der Waals surface area contributed by atoms with Crippen molar-refractivity contribution < 1.29 is 9.59 Å². The van der Waals surface area contributed by atoms with Crippen molar-refractivity contribution in [1.82, 2.24) is 5.32 Å². The maximum absolute atomic E-state index is 12.3. The summed E-state index contributed by atoms with van der Waals surface area (Å²) in [4.78, 5) is 23.6. The minimum atomic E-state index is -0.542. The summed E-state index contributed by atoms with van der Waals surface area (Å²) in [7, 11) is 0. The molecule has 0 bridgehead atoms. The largest absolute Gasteiger partial charge is 0.366 e. The van der Waals surface area contributed by atoms with Gasteiger partial charge in [0.1, 0.15) is 5.00 Å². The summed E-state index contributed by atoms with van der Waals surface area (Å²) in [6.45, 7) is 8.74. The van der Waals surface area contributed by atoms with Crippen molar-refractivity contribution in [2.24, 2.45) is 11.7 Å². The van der Waals surface area contributed by atoms with Crippen LogP contribution in [0.2, 0.25) is 0 Å². The van der Waals surface area contributed by atoms with E-state index in [-0.39, 0.29) is 18.5 Å². The topological polar surface area (TPSA) is 84.2 Å². The van der Waals surface area contributed by atoms with Crippen LogP contribution in [-0.2, 0) is 4.79 Å². The summed E-state index contributed by atoms with van der Waals surface area (Å²) in [6, 6.07) is 10.2. The number of primary amides is 1. The number of rotatable bonds is 8. The number of carbonyl (C=O) groups excluding carboxylic acids is 2. The Hall–Kier alpha value is -2.18. The first-order valence-electron chi connectivity index (χ1n) is 8.80. The number of nitrogens with one attached hydrogen (secondary N) is 2. The van der Waals surface area contributed by atoms with Gasteiger partial charge in [0.15, 0.2) is 0 Å². The Morgan fingerprint density at radius 2 is 1.65 bits per heavy atom. The van der Waals surface area contributed by atoms with Crippen molar-refractivity contribution in [3.63, 3.8) is 0 Å². The van der Waals surface area contributed by atoms with Gasteiger partial charge < -0.3 is 16.4 Å². The lowest BCUT2D eigenvalue weighted by atomic mass is 9.93. The Balaban J connectivity index is 2.00. The fraction of sp³-hybridized carbons (Fsp3) is 0.400. The number of thiophene rings is 1. The molecular weight excluding hydrogens is 346 g/mol. The van der Waals surface area contributed by atoms with Gasteiger partial charge in [-0.15, -0.1) is 11.3 Å². The quantitative estimate of drug-likeness (QED) is 0.656. The van der Waals surface area contributed by atoms with Crippen LogP contribution < -0.4 is 16.4 Å². The minimum Gasteiger partial charge on any atom is -0.366 e. The van der Waals surface area contributed by atoms with Crippen molar-refractivity contribution in [2.45, 2.75) is 39.7 Å². The highest BCUT2D eigenvalue weighted by Crippen LogP contribution is 2.25. The molecule has 0 saturated carbocycles. The summed E-state index contributed by atoms with van der Waals surface area (Å²) in [5, 5.41) is 8.30. The summed E-state index contributed by atoms with van der Waals surface area (Å²) in [5.74, 6) is 0.0837. The molecule has 0 saturated heterocycles. The number of amides is 2. The van der Waals surface area contributed by atoms with Gasteiger partial charge in [0, 0.05) is 6.04 Å². The molecule has 0 fully saturated rings. The second-order valence-corrected chi connectivity index (χ2v) is 7.92. The monoisotopic (exact) mass is 373 g/mol. The highest BCUT2D eigenvalue weighted by atomic mass is 32.1. The molecule has 0 aliphatic heterocycles. The van der Waals surface area contributed by atoms with Crippen LogP contribution in [0.4, 0.5) is 5.00 Å². The molecule has 26 heavy (non-hydrogen) atoms. The predicted molar refractivity (Wildman–Crippen MR) is 108 cm³/mol. The summed E-state index contributed by atoms with van der Waals surface area (Å²) >= 11 is 1.29. The van der Waals surface area contributed by atoms with E-state index in [4.69, 9.17) is 5.73 Å². The molecule has 0 aliphatic carbocycles. The molecule has 4 N–H and O–H groups in total. The molecule has 1 aromatic heterocycles. The van der Waals surface area contributed by atoms with E-state index >= 15 is 0 Å². The lowest BCUT2D eigenvalue weighted by Gasteiger charge is -2.23. The zero-order chi connectivity index (χ0) is 19.3. The van der Waals surface area contributed by atoms with Crippen LogP contribution >= 0.6 is 11.3 Å². The first kappa shape index (κ1) is 20.1. The SMILES string of the molecule is CC(C)c1ccc([C@H](NCC(=O)Nc2sccc2C(N)=O)C(C)C)cc1. The van der Waals surface area contributed by atoms with Crippen molar-refractivity contribution in [1.29, 1.82) is 0 Å². The average Bonchev–Trinajstić information content (AvgIpc) is 3.03. The second kappa shape index (κ2) is 8.96. The number of hydrogen-bond acceptors (Lipinski definition) is 4. The molecule has 0 radical (unpaired) electrons. The second-order valence-electron chi connectivity index (χ2n) is 7.00. The summed E-state index contributed by atoms with van der Waals surface area (Å²) in [5.41, 5.74) is 8.10. The normalized spacial score (nSPS) is 12.4. The van der Waals surface area contributed by atoms with Crippen LogP contribution in [0, 0.1) is 5.92 Å². The lowest BCUT2D eigenvalue weighted by molar-refractivity contribution is -0.115. The third-order valence-electron chi connectivity index (χ3n) is 4.30. The van der Waals surface area contributed by atoms with Gasteiger partial charge in [-0.25, -0.2) is 0 Å². The smallest absolute Gasteiger partial charge is 0.251 e. The molecule has 0 aliphatic rings. The van der Waals surface area contributed by atoms with Crippen LogP contribution in [0.15, 0.2) is 35.7 Å². The Morgan fingerprint density at radius 3 is 2.19 bits per heavy atom. The molecule has 5 nitrogen and oxygen atoms in total. The van der Waals surface area contributed by atoms with Crippen LogP contribution in [0.5, 0.6) is 0 Å². The van der Waals surface area contributed by atoms with E-state index in [1.165, 1.54) is 16.9 Å². The Morgan fingerprint density at radius 1 is 1.04 bits per heavy atom. The van der Waals surface area contributed by atoms with Gasteiger partial charge in [-0.05, 0) is 34.4 Å². The van der Waals surface area contributed by atoms with Crippen molar-refractivity contribution in [2.75, 3.05) is 11.9 Å². The van der Waals surface area contributed by atoms with Gasteiger partial charge >= 0.3 is 0 Å². The van der Waals surface area contributed by atoms with Crippen LogP contribution in [0.25, 0.3) is 0 Å². The number of nitrogens with two attached hydrogens (primary N) is 1. The maximum Gasteiger partial charge on any atom is 0.251 e. The van der Waals surface area contributed by atoms with Crippen molar-refractivity contribution in [3.05, 3.63) is 52.4 Å². The van der Waals surface area contributed by atoms with Crippen molar-refractivity contribution in [3.8, 4) is 0 Å². The average molecular weight is 374 g/mol. The van der Waals surface area contributed by atoms with Gasteiger partial charge in [-0.3, -0.25) is 9.59 Å². The predicted octanol–water partition coefficient (Wildman–Crippen LogP) is 3.90. The van der Waals surface area contributed by atoms with Crippen LogP contribution in [0.1, 0.15) is 61.1 Å². The molecule has 0 spiro atoms. The molecular formula is C20H27N3O2S. The van der Waals surface area contributed by atoms with E-state index in [1.807, 2.05) is 0 Å². The highest BCUT2D eigenvalue weighted by molar-refractivity contribution is 7.14. The molecule has 6 heteroatoms. The number of carbonyl (C=O) groups is 2. The van der Waals surface area contributed by atoms with Gasteiger partial charge in [0.2, 0.25) is 5.91 Å². The van der Waals surface area contributed by atoms with E-state index in [2.05, 4.69) is 62.6 Å². The summed E-state index contributed by atoms with van der Waals surface area (Å²) in [6.07, 6.45) is 0. The van der Waals surface area contributed by atoms with E-state index in [0.717, 1.165) is 5.56 Å². The summed E-state index contributed by atoms with van der Waals surface area (Å²) < 4.78 is 0. The number of benzene rings is 1. The Bertz CT molecular complexity index is 751. The molecule has 1 atom stereocenters. The molecule has 2 amide bonds. The first-order chi connectivity index (χ1) is 12.3.